The van der Waals surface area contributed by atoms with Crippen molar-refractivity contribution in [2.24, 2.45) is 4.99 Å². The van der Waals surface area contributed by atoms with Crippen LogP contribution in [-0.2, 0) is 4.79 Å². The maximum Gasteiger partial charge on any atom is 0.267 e. The fraction of sp³-hybridized carbons (Fsp3) is 0.200. The van der Waals surface area contributed by atoms with E-state index in [1.165, 1.54) is 17.3 Å². The molecule has 1 aliphatic rings. The van der Waals surface area contributed by atoms with Gasteiger partial charge >= 0.3 is 0 Å². The number of aliphatic imine (C=N–C) groups is 1. The highest BCUT2D eigenvalue weighted by Gasteiger charge is 2.36. The topological polar surface area (TPSA) is 45.8 Å². The fourth-order valence-electron chi connectivity index (χ4n) is 3.23. The first-order valence-electron chi connectivity index (χ1n) is 10.3. The van der Waals surface area contributed by atoms with Crippen molar-refractivity contribution in [2.45, 2.75) is 33.2 Å². The van der Waals surface area contributed by atoms with E-state index in [1.54, 1.807) is 11.0 Å². The lowest BCUT2D eigenvalue weighted by Crippen LogP contribution is -2.36. The number of amidine groups is 1. The normalized spacial score (nSPS) is 17.5. The van der Waals surface area contributed by atoms with Gasteiger partial charge in [-0.05, 0) is 90.4 Å². The molecule has 0 saturated carbocycles. The third-order valence-electron chi connectivity index (χ3n) is 5.23. The van der Waals surface area contributed by atoms with Crippen LogP contribution in [0.2, 0.25) is 5.02 Å². The molecule has 4 rings (SSSR count). The number of furan rings is 1. The molecule has 2 heterocycles. The third kappa shape index (κ3) is 4.87. The van der Waals surface area contributed by atoms with Gasteiger partial charge in [0.05, 0.1) is 15.6 Å². The van der Waals surface area contributed by atoms with E-state index in [4.69, 9.17) is 21.0 Å². The van der Waals surface area contributed by atoms with E-state index in [9.17, 15) is 4.79 Å². The summed E-state index contributed by atoms with van der Waals surface area (Å²) in [5.41, 5.74) is 2.90. The number of halogens is 2. The maximum absolute atomic E-state index is 13.2. The van der Waals surface area contributed by atoms with Crippen LogP contribution in [0.5, 0.6) is 0 Å². The second-order valence-electron chi connectivity index (χ2n) is 7.60. The summed E-state index contributed by atoms with van der Waals surface area (Å²) in [4.78, 5) is 20.3. The van der Waals surface area contributed by atoms with Crippen molar-refractivity contribution in [3.05, 3.63) is 80.3 Å². The zero-order chi connectivity index (χ0) is 22.8. The maximum atomic E-state index is 13.2. The Morgan fingerprint density at radius 2 is 1.94 bits per heavy atom. The van der Waals surface area contributed by atoms with Crippen LogP contribution in [0.4, 0.5) is 5.69 Å². The Bertz CT molecular complexity index is 1220. The molecule has 32 heavy (non-hydrogen) atoms. The second-order valence-corrected chi connectivity index (χ2v) is 9.87. The molecule has 2 aromatic carbocycles. The third-order valence-corrected chi connectivity index (χ3v) is 7.43. The minimum Gasteiger partial charge on any atom is -0.457 e. The summed E-state index contributed by atoms with van der Waals surface area (Å²) in [6.07, 6.45) is 2.62. The van der Waals surface area contributed by atoms with Crippen LogP contribution in [-0.4, -0.2) is 22.0 Å². The number of benzene rings is 2. The highest BCUT2D eigenvalue weighted by atomic mass is 79.9. The van der Waals surface area contributed by atoms with Crippen molar-refractivity contribution in [3.8, 4) is 11.3 Å². The van der Waals surface area contributed by atoms with Crippen LogP contribution in [0.3, 0.4) is 0 Å². The lowest BCUT2D eigenvalue weighted by atomic mass is 10.2. The van der Waals surface area contributed by atoms with E-state index in [0.717, 1.165) is 22.1 Å². The van der Waals surface area contributed by atoms with Gasteiger partial charge in [0, 0.05) is 22.2 Å². The summed E-state index contributed by atoms with van der Waals surface area (Å²) in [7, 11) is 0. The number of amides is 1. The van der Waals surface area contributed by atoms with Crippen molar-refractivity contribution in [2.75, 3.05) is 0 Å². The Kier molecular flexibility index (Phi) is 6.93. The Morgan fingerprint density at radius 1 is 1.19 bits per heavy atom. The van der Waals surface area contributed by atoms with Crippen molar-refractivity contribution in [1.82, 2.24) is 4.90 Å². The molecule has 1 amide bonds. The number of thioether (sulfide) groups is 1. The minimum atomic E-state index is -0.0533. The van der Waals surface area contributed by atoms with Gasteiger partial charge in [-0.2, -0.15) is 0 Å². The van der Waals surface area contributed by atoms with Gasteiger partial charge in [0.2, 0.25) is 0 Å². The number of carbonyl (C=O) groups is 1. The molecule has 0 N–H and O–H groups in total. The Labute approximate surface area is 205 Å². The van der Waals surface area contributed by atoms with Crippen molar-refractivity contribution in [3.63, 3.8) is 0 Å². The highest BCUT2D eigenvalue weighted by Crippen LogP contribution is 2.37. The minimum absolute atomic E-state index is 0.0451. The smallest absolute Gasteiger partial charge is 0.267 e. The van der Waals surface area contributed by atoms with Crippen LogP contribution in [0.25, 0.3) is 17.4 Å². The molecule has 1 aliphatic heterocycles. The molecular formula is C25H22BrClN2O2S. The first-order valence-corrected chi connectivity index (χ1v) is 12.3. The van der Waals surface area contributed by atoms with Gasteiger partial charge < -0.3 is 4.42 Å². The molecular weight excluding hydrogens is 508 g/mol. The summed E-state index contributed by atoms with van der Waals surface area (Å²) < 4.78 is 6.80. The van der Waals surface area contributed by atoms with Gasteiger partial charge in [-0.25, -0.2) is 4.99 Å². The fourth-order valence-corrected chi connectivity index (χ4v) is 4.80. The Hall–Kier alpha value is -2.28. The number of nitrogens with zero attached hydrogens (tertiary/aromatic N) is 2. The van der Waals surface area contributed by atoms with Crippen LogP contribution < -0.4 is 0 Å². The van der Waals surface area contributed by atoms with E-state index in [-0.39, 0.29) is 11.9 Å². The van der Waals surface area contributed by atoms with Gasteiger partial charge in [-0.3, -0.25) is 9.69 Å². The van der Waals surface area contributed by atoms with Crippen molar-refractivity contribution in [1.29, 1.82) is 0 Å². The lowest BCUT2D eigenvalue weighted by Gasteiger charge is -2.22. The van der Waals surface area contributed by atoms with Crippen molar-refractivity contribution < 1.29 is 9.21 Å². The first kappa shape index (κ1) is 22.9. The number of aryl methyl sites for hydroxylation is 1. The van der Waals surface area contributed by atoms with Gasteiger partial charge in [-0.15, -0.1) is 0 Å². The van der Waals surface area contributed by atoms with Gasteiger partial charge in [0.1, 0.15) is 11.5 Å². The monoisotopic (exact) mass is 528 g/mol. The summed E-state index contributed by atoms with van der Waals surface area (Å²) in [6, 6.07) is 17.4. The van der Waals surface area contributed by atoms with E-state index in [0.29, 0.717) is 26.6 Å². The molecule has 0 aliphatic carbocycles. The molecule has 1 atom stereocenters. The Balaban J connectivity index is 1.65. The summed E-state index contributed by atoms with van der Waals surface area (Å²) in [5, 5.41) is 1.33. The largest absolute Gasteiger partial charge is 0.457 e. The zero-order valence-electron chi connectivity index (χ0n) is 17.9. The number of carbonyl (C=O) groups excluding carboxylic acids is 1. The van der Waals surface area contributed by atoms with E-state index < -0.39 is 0 Å². The van der Waals surface area contributed by atoms with Gasteiger partial charge in [-0.1, -0.05) is 36.2 Å². The quantitative estimate of drug-likeness (QED) is 0.314. The first-order chi connectivity index (χ1) is 15.4. The number of rotatable bonds is 5. The number of hydrogen-bond donors (Lipinski definition) is 0. The van der Waals surface area contributed by atoms with Crippen LogP contribution in [0.1, 0.15) is 31.6 Å². The van der Waals surface area contributed by atoms with Crippen molar-refractivity contribution >= 4 is 62.1 Å². The molecule has 1 aromatic heterocycles. The molecule has 0 spiro atoms. The van der Waals surface area contributed by atoms with Gasteiger partial charge in [0.15, 0.2) is 5.17 Å². The number of hydrogen-bond acceptors (Lipinski definition) is 4. The average molecular weight is 530 g/mol. The predicted octanol–water partition coefficient (Wildman–Crippen LogP) is 8.07. The summed E-state index contributed by atoms with van der Waals surface area (Å²) >= 11 is 10.9. The molecule has 1 fully saturated rings. The predicted molar refractivity (Wildman–Crippen MR) is 137 cm³/mol. The standard InChI is InChI=1S/C25H22BrClN2O2S/c1-4-16(3)29-24(30)23(32-25(29)28-18-8-5-15(2)6-9-18)14-19-10-12-22(31-19)17-7-11-21(27)20(26)13-17/h5-14,16H,4H2,1-3H3/b23-14+,28-25?/t16-/m0/s1. The molecule has 7 heteroatoms. The van der Waals surface area contributed by atoms with Crippen LogP contribution in [0.15, 0.2) is 73.4 Å². The van der Waals surface area contributed by atoms with E-state index in [1.807, 2.05) is 68.4 Å². The molecule has 0 bridgehead atoms. The molecule has 0 unspecified atom stereocenters. The molecule has 164 valence electrons. The molecule has 1 saturated heterocycles. The van der Waals surface area contributed by atoms with Crippen LogP contribution >= 0.6 is 39.3 Å². The van der Waals surface area contributed by atoms with Crippen LogP contribution in [0, 0.1) is 6.92 Å². The molecule has 3 aromatic rings. The SMILES string of the molecule is CC[C@H](C)N1C(=O)/C(=C\c2ccc(-c3ccc(Cl)c(Br)c3)o2)SC1=Nc1ccc(C)cc1. The summed E-state index contributed by atoms with van der Waals surface area (Å²) in [6.45, 7) is 6.14. The summed E-state index contributed by atoms with van der Waals surface area (Å²) in [5.74, 6) is 1.27. The zero-order valence-corrected chi connectivity index (χ0v) is 21.1. The van der Waals surface area contributed by atoms with E-state index in [2.05, 4.69) is 22.9 Å². The molecule has 4 nitrogen and oxygen atoms in total. The molecule has 0 radical (unpaired) electrons. The lowest BCUT2D eigenvalue weighted by molar-refractivity contribution is -0.123. The Morgan fingerprint density at radius 3 is 2.62 bits per heavy atom. The van der Waals surface area contributed by atoms with Gasteiger partial charge in [0.25, 0.3) is 5.91 Å². The van der Waals surface area contributed by atoms with E-state index >= 15 is 0 Å². The second kappa shape index (κ2) is 9.69. The average Bonchev–Trinajstić information content (AvgIpc) is 3.36. The highest BCUT2D eigenvalue weighted by molar-refractivity contribution is 9.10.